The molecule has 7 unspecified atom stereocenters. The van der Waals surface area contributed by atoms with Gasteiger partial charge in [0.2, 0.25) is 0 Å². The number of rotatable bonds is 7. The van der Waals surface area contributed by atoms with Gasteiger partial charge in [0.15, 0.2) is 12.6 Å². The molecule has 0 saturated carbocycles. The molecule has 308 valence electrons. The van der Waals surface area contributed by atoms with Crippen molar-refractivity contribution in [2.75, 3.05) is 33.4 Å². The second kappa shape index (κ2) is 15.7. The molecule has 0 spiro atoms. The highest BCUT2D eigenvalue weighted by molar-refractivity contribution is 5.07. The molecule has 6 fully saturated rings. The van der Waals surface area contributed by atoms with Crippen LogP contribution in [0, 0.1) is 23.7 Å². The number of aliphatic hydroxyl groups is 4. The van der Waals surface area contributed by atoms with E-state index in [0.717, 1.165) is 0 Å². The maximum atomic E-state index is 12.6. The van der Waals surface area contributed by atoms with Gasteiger partial charge in [-0.2, -0.15) is 0 Å². The standard InChI is InChI=1S/C39H69NO13/c1-12-27-38(10,43)34-22(4)30-20(2)18-37(9,52-30)33(50-35-29(41)26(17-21(3)47-35)40-13-15-46-16-14-40)23(5)31(24(6)39(44,51-27)53-34)49-28-19-36(8,45-11)32(42)25(7)48-28/h20-35,41-44H,12-19H2,1-11H3/t20-,21?,22-,23-,24+,25?,26?,27+,28-,29?,30?,31-,32-,33+,34+,35-,36?,37?,38+,39-/m0/s1. The average molecular weight is 760 g/mol. The highest BCUT2D eigenvalue weighted by atomic mass is 16.8. The van der Waals surface area contributed by atoms with Gasteiger partial charge in [0.1, 0.15) is 17.8 Å². The van der Waals surface area contributed by atoms with E-state index in [1.807, 2.05) is 48.5 Å². The minimum Gasteiger partial charge on any atom is -0.387 e. The third-order valence-electron chi connectivity index (χ3n) is 13.8. The van der Waals surface area contributed by atoms with Gasteiger partial charge in [-0.25, -0.2) is 0 Å². The molecule has 20 atom stereocenters. The van der Waals surface area contributed by atoms with E-state index < -0.39 is 89.9 Å². The van der Waals surface area contributed by atoms with Crippen LogP contribution in [-0.4, -0.2) is 155 Å². The third-order valence-corrected chi connectivity index (χ3v) is 13.8. The van der Waals surface area contributed by atoms with Gasteiger partial charge < -0.3 is 63.1 Å². The molecule has 4 bridgehead atoms. The molecule has 0 amide bonds. The third kappa shape index (κ3) is 7.74. The van der Waals surface area contributed by atoms with E-state index in [9.17, 15) is 20.4 Å². The Balaban J connectivity index is 1.42. The van der Waals surface area contributed by atoms with Crippen molar-refractivity contribution >= 4 is 0 Å². The van der Waals surface area contributed by atoms with Crippen molar-refractivity contribution in [3.8, 4) is 0 Å². The molecule has 53 heavy (non-hydrogen) atoms. The Morgan fingerprint density at radius 2 is 1.53 bits per heavy atom. The first kappa shape index (κ1) is 42.1. The molecule has 14 nitrogen and oxygen atoms in total. The maximum Gasteiger partial charge on any atom is 0.286 e. The molecule has 0 radical (unpaired) electrons. The fourth-order valence-electron chi connectivity index (χ4n) is 10.6. The Morgan fingerprint density at radius 1 is 0.849 bits per heavy atom. The fraction of sp³-hybridized carbons (Fsp3) is 1.00. The molecule has 6 aliphatic heterocycles. The number of aliphatic hydroxyl groups excluding tert-OH is 2. The van der Waals surface area contributed by atoms with E-state index in [0.29, 0.717) is 45.6 Å². The molecular formula is C39H69NO13. The summed E-state index contributed by atoms with van der Waals surface area (Å²) in [6, 6.07) is -0.189. The molecule has 6 saturated heterocycles. The van der Waals surface area contributed by atoms with Gasteiger partial charge in [-0.3, -0.25) is 4.90 Å². The Labute approximate surface area is 316 Å². The molecule has 4 N–H and O–H groups in total. The van der Waals surface area contributed by atoms with Crippen molar-refractivity contribution in [2.24, 2.45) is 23.7 Å². The van der Waals surface area contributed by atoms with Gasteiger partial charge in [0, 0.05) is 44.5 Å². The molecule has 6 aliphatic rings. The number of fused-ring (bicyclic) bond motifs is 4. The van der Waals surface area contributed by atoms with Crippen LogP contribution in [0.1, 0.15) is 94.9 Å². The summed E-state index contributed by atoms with van der Waals surface area (Å²) in [5, 5.41) is 47.6. The number of ether oxygens (including phenoxy) is 9. The zero-order chi connectivity index (χ0) is 38.8. The summed E-state index contributed by atoms with van der Waals surface area (Å²) >= 11 is 0. The first-order valence-corrected chi connectivity index (χ1v) is 20.1. The second-order valence-electron chi connectivity index (χ2n) is 17.8. The predicted molar refractivity (Wildman–Crippen MR) is 191 cm³/mol. The van der Waals surface area contributed by atoms with Crippen LogP contribution in [0.4, 0.5) is 0 Å². The summed E-state index contributed by atoms with van der Waals surface area (Å²) in [5.41, 5.74) is -3.32. The number of hydrogen-bond acceptors (Lipinski definition) is 14. The highest BCUT2D eigenvalue weighted by Gasteiger charge is 2.64. The van der Waals surface area contributed by atoms with E-state index in [2.05, 4.69) is 11.8 Å². The Kier molecular flexibility index (Phi) is 12.4. The van der Waals surface area contributed by atoms with Crippen LogP contribution in [0.3, 0.4) is 0 Å². The molecule has 0 aromatic rings. The Morgan fingerprint density at radius 3 is 2.17 bits per heavy atom. The van der Waals surface area contributed by atoms with E-state index in [1.165, 1.54) is 0 Å². The monoisotopic (exact) mass is 759 g/mol. The first-order valence-electron chi connectivity index (χ1n) is 20.1. The van der Waals surface area contributed by atoms with Crippen LogP contribution in [0.15, 0.2) is 0 Å². The zero-order valence-electron chi connectivity index (χ0n) is 33.8. The van der Waals surface area contributed by atoms with Gasteiger partial charge in [-0.15, -0.1) is 0 Å². The number of nitrogens with zero attached hydrogens (tertiary/aromatic N) is 1. The van der Waals surface area contributed by atoms with Gasteiger partial charge in [-0.1, -0.05) is 34.6 Å². The van der Waals surface area contributed by atoms with Crippen molar-refractivity contribution in [2.45, 2.75) is 191 Å². The summed E-state index contributed by atoms with van der Waals surface area (Å²) < 4.78 is 58.2. The maximum absolute atomic E-state index is 12.6. The van der Waals surface area contributed by atoms with E-state index in [4.69, 9.17) is 42.6 Å². The topological polar surface area (TPSA) is 167 Å². The average Bonchev–Trinajstić information content (AvgIpc) is 3.43. The van der Waals surface area contributed by atoms with Crippen LogP contribution in [0.25, 0.3) is 0 Å². The van der Waals surface area contributed by atoms with Gasteiger partial charge in [-0.05, 0) is 59.8 Å². The van der Waals surface area contributed by atoms with Crippen LogP contribution >= 0.6 is 0 Å². The molecule has 6 heterocycles. The molecule has 0 aliphatic carbocycles. The number of hydrogen-bond donors (Lipinski definition) is 4. The largest absolute Gasteiger partial charge is 0.387 e. The lowest BCUT2D eigenvalue weighted by molar-refractivity contribution is -0.481. The molecule has 14 heteroatoms. The minimum atomic E-state index is -2.18. The quantitative estimate of drug-likeness (QED) is 0.299. The molecule has 6 rings (SSSR count). The van der Waals surface area contributed by atoms with Crippen LogP contribution in [0.5, 0.6) is 0 Å². The summed E-state index contributed by atoms with van der Waals surface area (Å²) in [6.07, 6.45) is -6.16. The van der Waals surface area contributed by atoms with Crippen molar-refractivity contribution in [3.63, 3.8) is 0 Å². The van der Waals surface area contributed by atoms with Crippen LogP contribution in [0.2, 0.25) is 0 Å². The van der Waals surface area contributed by atoms with E-state index in [-0.39, 0.29) is 36.5 Å². The summed E-state index contributed by atoms with van der Waals surface area (Å²) in [5.74, 6) is -3.93. The van der Waals surface area contributed by atoms with Crippen molar-refractivity contribution in [1.29, 1.82) is 0 Å². The minimum absolute atomic E-state index is 0.0172. The normalized spacial score (nSPS) is 55.8. The first-order chi connectivity index (χ1) is 24.8. The summed E-state index contributed by atoms with van der Waals surface area (Å²) in [4.78, 5) is 2.26. The summed E-state index contributed by atoms with van der Waals surface area (Å²) in [6.45, 7) is 21.8. The number of morpholine rings is 1. The zero-order valence-corrected chi connectivity index (χ0v) is 33.8. The predicted octanol–water partition coefficient (Wildman–Crippen LogP) is 2.55. The molecule has 0 aromatic heterocycles. The SMILES string of the molecule is CC[C@H]1O[C@]2(O)O[C@H]([C@@H](C)C3OC(C)(C[C@@H]3C)[C@H](O[C@@H]3OC(C)CC(N4CCOCC4)C3O)[C@@H](C)[C@H](O[C@H]3CC(C)(OC)[C@@H](O)C(C)O3)[C@H]2C)[C@]1(C)O. The molecular weight excluding hydrogens is 690 g/mol. The van der Waals surface area contributed by atoms with Gasteiger partial charge in [0.25, 0.3) is 5.97 Å². The van der Waals surface area contributed by atoms with Crippen molar-refractivity contribution in [1.82, 2.24) is 4.90 Å². The number of methoxy groups -OCH3 is 1. The smallest absolute Gasteiger partial charge is 0.286 e. The summed E-state index contributed by atoms with van der Waals surface area (Å²) in [7, 11) is 1.56. The second-order valence-corrected chi connectivity index (χ2v) is 17.8. The molecule has 0 aromatic carbocycles. The van der Waals surface area contributed by atoms with Crippen LogP contribution in [-0.2, 0) is 42.6 Å². The van der Waals surface area contributed by atoms with Crippen LogP contribution < -0.4 is 0 Å². The lowest BCUT2D eigenvalue weighted by atomic mass is 9.74. The lowest BCUT2D eigenvalue weighted by Crippen LogP contribution is -2.69. The van der Waals surface area contributed by atoms with Gasteiger partial charge >= 0.3 is 0 Å². The van der Waals surface area contributed by atoms with E-state index in [1.54, 1.807) is 21.0 Å². The van der Waals surface area contributed by atoms with Crippen molar-refractivity contribution < 1.29 is 63.1 Å². The van der Waals surface area contributed by atoms with Gasteiger partial charge in [0.05, 0.1) is 73.1 Å². The Bertz CT molecular complexity index is 1240. The van der Waals surface area contributed by atoms with E-state index >= 15 is 0 Å². The fourth-order valence-corrected chi connectivity index (χ4v) is 10.6. The lowest BCUT2D eigenvalue weighted by Gasteiger charge is -2.55. The van der Waals surface area contributed by atoms with Crippen molar-refractivity contribution in [3.05, 3.63) is 0 Å². The highest BCUT2D eigenvalue weighted by Crippen LogP contribution is 2.52. The Hall–Kier alpha value is -0.560.